The van der Waals surface area contributed by atoms with Crippen molar-refractivity contribution in [2.45, 2.75) is 13.0 Å². The number of rotatable bonds is 6. The minimum Gasteiger partial charge on any atom is -0.399 e. The van der Waals surface area contributed by atoms with Crippen LogP contribution in [-0.4, -0.2) is 38.1 Å². The third-order valence-electron chi connectivity index (χ3n) is 2.59. The van der Waals surface area contributed by atoms with Gasteiger partial charge in [-0.05, 0) is 25.1 Å². The van der Waals surface area contributed by atoms with Crippen LogP contribution in [0.1, 0.15) is 17.3 Å². The zero-order valence-electron chi connectivity index (χ0n) is 11.6. The van der Waals surface area contributed by atoms with E-state index in [4.69, 9.17) is 16.2 Å². The minimum absolute atomic E-state index is 0.285. The molecule has 1 unspecified atom stereocenters. The number of methoxy groups -OCH3 is 1. The van der Waals surface area contributed by atoms with E-state index in [1.165, 1.54) is 12.1 Å². The fraction of sp³-hybridized carbons (Fsp3) is 0.385. The van der Waals surface area contributed by atoms with Gasteiger partial charge in [-0.25, -0.2) is 0 Å². The number of amides is 2. The summed E-state index contributed by atoms with van der Waals surface area (Å²) in [6.45, 7) is 2.40. The largest absolute Gasteiger partial charge is 0.399 e. The first-order valence-corrected chi connectivity index (χ1v) is 6.17. The highest BCUT2D eigenvalue weighted by molar-refractivity contribution is 5.98. The summed E-state index contributed by atoms with van der Waals surface area (Å²) in [6, 6.07) is 3.89. The van der Waals surface area contributed by atoms with Crippen LogP contribution in [0.15, 0.2) is 18.2 Å². The van der Waals surface area contributed by atoms with Crippen molar-refractivity contribution in [2.75, 3.05) is 31.7 Å². The fourth-order valence-corrected chi connectivity index (χ4v) is 1.58. The van der Waals surface area contributed by atoms with Gasteiger partial charge in [0.1, 0.15) is 6.04 Å². The van der Waals surface area contributed by atoms with Gasteiger partial charge in [0.2, 0.25) is 5.91 Å². The van der Waals surface area contributed by atoms with E-state index >= 15 is 0 Å². The Labute approximate surface area is 117 Å². The normalized spacial score (nSPS) is 11.7. The first-order valence-electron chi connectivity index (χ1n) is 6.17. The SMILES string of the molecule is COCCNC(=O)C(C)NC(=O)c1cc(N)cc(N)c1. The van der Waals surface area contributed by atoms with E-state index in [2.05, 4.69) is 10.6 Å². The highest BCUT2D eigenvalue weighted by Crippen LogP contribution is 2.13. The molecule has 1 aromatic rings. The van der Waals surface area contributed by atoms with Crippen molar-refractivity contribution >= 4 is 23.2 Å². The number of carbonyl (C=O) groups is 2. The number of hydrogen-bond acceptors (Lipinski definition) is 5. The van der Waals surface area contributed by atoms with Crippen LogP contribution >= 0.6 is 0 Å². The molecule has 20 heavy (non-hydrogen) atoms. The van der Waals surface area contributed by atoms with E-state index in [1.54, 1.807) is 20.1 Å². The summed E-state index contributed by atoms with van der Waals surface area (Å²) >= 11 is 0. The molecule has 7 heteroatoms. The van der Waals surface area contributed by atoms with E-state index in [-0.39, 0.29) is 5.91 Å². The standard InChI is InChI=1S/C13H20N4O3/c1-8(12(18)16-3-4-20-2)17-13(19)9-5-10(14)7-11(15)6-9/h5-8H,3-4,14-15H2,1-2H3,(H,16,18)(H,17,19). The van der Waals surface area contributed by atoms with Crippen molar-refractivity contribution in [1.82, 2.24) is 10.6 Å². The summed E-state index contributed by atoms with van der Waals surface area (Å²) in [5, 5.41) is 5.21. The molecule has 0 saturated heterocycles. The third kappa shape index (κ3) is 4.77. The van der Waals surface area contributed by atoms with Gasteiger partial charge in [0.25, 0.3) is 5.91 Å². The Hall–Kier alpha value is -2.28. The quantitative estimate of drug-likeness (QED) is 0.422. The molecular formula is C13H20N4O3. The van der Waals surface area contributed by atoms with Crippen molar-refractivity contribution in [3.8, 4) is 0 Å². The van der Waals surface area contributed by atoms with E-state index in [9.17, 15) is 9.59 Å². The predicted octanol–water partition coefficient (Wildman–Crippen LogP) is -0.268. The number of nitrogen functional groups attached to an aromatic ring is 2. The van der Waals surface area contributed by atoms with Crippen LogP contribution in [0.25, 0.3) is 0 Å². The number of ether oxygens (including phenoxy) is 1. The topological polar surface area (TPSA) is 119 Å². The van der Waals surface area contributed by atoms with Crippen molar-refractivity contribution in [3.05, 3.63) is 23.8 Å². The number of benzene rings is 1. The molecule has 0 aromatic heterocycles. The number of nitrogens with two attached hydrogens (primary N) is 2. The molecule has 2 amide bonds. The molecule has 1 atom stereocenters. The van der Waals surface area contributed by atoms with Gasteiger partial charge < -0.3 is 26.8 Å². The maximum atomic E-state index is 12.0. The van der Waals surface area contributed by atoms with Gasteiger partial charge >= 0.3 is 0 Å². The summed E-state index contributed by atoms with van der Waals surface area (Å²) in [6.07, 6.45) is 0. The Kier molecular flexibility index (Phi) is 5.79. The molecule has 0 saturated carbocycles. The Morgan fingerprint density at radius 3 is 2.40 bits per heavy atom. The van der Waals surface area contributed by atoms with Gasteiger partial charge in [0.15, 0.2) is 0 Å². The van der Waals surface area contributed by atoms with Crippen LogP contribution in [-0.2, 0) is 9.53 Å². The summed E-state index contributed by atoms with van der Waals surface area (Å²) in [5.41, 5.74) is 12.3. The number of carbonyl (C=O) groups excluding carboxylic acids is 2. The van der Waals surface area contributed by atoms with Gasteiger partial charge in [-0.1, -0.05) is 0 Å². The van der Waals surface area contributed by atoms with Crippen LogP contribution in [0.3, 0.4) is 0 Å². The predicted molar refractivity (Wildman–Crippen MR) is 77.1 cm³/mol. The molecule has 0 heterocycles. The average molecular weight is 280 g/mol. The molecule has 0 fully saturated rings. The van der Waals surface area contributed by atoms with Crippen LogP contribution in [0, 0.1) is 0 Å². The number of nitrogens with one attached hydrogen (secondary N) is 2. The van der Waals surface area contributed by atoms with Crippen LogP contribution in [0.5, 0.6) is 0 Å². The fourth-order valence-electron chi connectivity index (χ4n) is 1.58. The Bertz CT molecular complexity index is 470. The van der Waals surface area contributed by atoms with E-state index in [0.29, 0.717) is 30.1 Å². The highest BCUT2D eigenvalue weighted by Gasteiger charge is 2.16. The molecule has 0 aliphatic rings. The molecule has 0 bridgehead atoms. The summed E-state index contributed by atoms with van der Waals surface area (Å²) in [7, 11) is 1.54. The molecule has 0 aliphatic heterocycles. The van der Waals surface area contributed by atoms with Crippen LogP contribution in [0.2, 0.25) is 0 Å². The molecule has 0 radical (unpaired) electrons. The lowest BCUT2D eigenvalue weighted by atomic mass is 10.1. The van der Waals surface area contributed by atoms with Gasteiger partial charge in [-0.15, -0.1) is 0 Å². The lowest BCUT2D eigenvalue weighted by Crippen LogP contribution is -2.45. The number of hydrogen-bond donors (Lipinski definition) is 4. The maximum Gasteiger partial charge on any atom is 0.252 e. The van der Waals surface area contributed by atoms with Gasteiger partial charge in [0, 0.05) is 30.6 Å². The Morgan fingerprint density at radius 1 is 1.25 bits per heavy atom. The van der Waals surface area contributed by atoms with Crippen LogP contribution in [0.4, 0.5) is 11.4 Å². The smallest absolute Gasteiger partial charge is 0.252 e. The molecular weight excluding hydrogens is 260 g/mol. The van der Waals surface area contributed by atoms with E-state index in [1.807, 2.05) is 0 Å². The second-order valence-electron chi connectivity index (χ2n) is 4.37. The first-order chi connectivity index (χ1) is 9.43. The first kappa shape index (κ1) is 15.8. The lowest BCUT2D eigenvalue weighted by molar-refractivity contribution is -0.122. The molecule has 7 nitrogen and oxygen atoms in total. The van der Waals surface area contributed by atoms with Crippen molar-refractivity contribution < 1.29 is 14.3 Å². The van der Waals surface area contributed by atoms with Crippen LogP contribution < -0.4 is 22.1 Å². The molecule has 1 rings (SSSR count). The Morgan fingerprint density at radius 2 is 1.85 bits per heavy atom. The van der Waals surface area contributed by atoms with Crippen molar-refractivity contribution in [3.63, 3.8) is 0 Å². The van der Waals surface area contributed by atoms with Gasteiger partial charge in [-0.2, -0.15) is 0 Å². The molecule has 110 valence electrons. The molecule has 0 spiro atoms. The highest BCUT2D eigenvalue weighted by atomic mass is 16.5. The second kappa shape index (κ2) is 7.34. The Balaban J connectivity index is 2.58. The maximum absolute atomic E-state index is 12.0. The minimum atomic E-state index is -0.665. The van der Waals surface area contributed by atoms with Gasteiger partial charge in [-0.3, -0.25) is 9.59 Å². The second-order valence-corrected chi connectivity index (χ2v) is 4.37. The molecule has 0 aliphatic carbocycles. The zero-order chi connectivity index (χ0) is 15.1. The monoisotopic (exact) mass is 280 g/mol. The summed E-state index contributed by atoms with van der Waals surface area (Å²) in [4.78, 5) is 23.7. The molecule has 6 N–H and O–H groups in total. The summed E-state index contributed by atoms with van der Waals surface area (Å²) in [5.74, 6) is -0.689. The third-order valence-corrected chi connectivity index (χ3v) is 2.59. The zero-order valence-corrected chi connectivity index (χ0v) is 11.6. The van der Waals surface area contributed by atoms with E-state index in [0.717, 1.165) is 0 Å². The van der Waals surface area contributed by atoms with Crippen molar-refractivity contribution in [2.24, 2.45) is 0 Å². The van der Waals surface area contributed by atoms with Crippen molar-refractivity contribution in [1.29, 1.82) is 0 Å². The van der Waals surface area contributed by atoms with E-state index < -0.39 is 11.9 Å². The summed E-state index contributed by atoms with van der Waals surface area (Å²) < 4.78 is 4.82. The van der Waals surface area contributed by atoms with Gasteiger partial charge in [0.05, 0.1) is 6.61 Å². The lowest BCUT2D eigenvalue weighted by Gasteiger charge is -2.14. The average Bonchev–Trinajstić information content (AvgIpc) is 2.37. The number of anilines is 2. The molecule has 1 aromatic carbocycles.